The van der Waals surface area contributed by atoms with Crippen LogP contribution >= 0.6 is 11.6 Å². The van der Waals surface area contributed by atoms with Gasteiger partial charge in [0.15, 0.2) is 5.78 Å². The Labute approximate surface area is 184 Å². The molecular formula is C22H25ClFN5O2. The van der Waals surface area contributed by atoms with Gasteiger partial charge in [0, 0.05) is 36.4 Å². The van der Waals surface area contributed by atoms with Crippen LogP contribution in [0.1, 0.15) is 26.2 Å². The molecule has 0 spiro atoms. The molecule has 3 heterocycles. The molecule has 1 aliphatic rings. The molecule has 3 atom stereocenters. The summed E-state index contributed by atoms with van der Waals surface area (Å²) in [6.07, 6.45) is 4.62. The zero-order valence-corrected chi connectivity index (χ0v) is 17.9. The van der Waals surface area contributed by atoms with Crippen LogP contribution in [0.15, 0.2) is 36.8 Å². The van der Waals surface area contributed by atoms with E-state index in [0.29, 0.717) is 18.7 Å². The van der Waals surface area contributed by atoms with Crippen LogP contribution in [-0.4, -0.2) is 51.1 Å². The summed E-state index contributed by atoms with van der Waals surface area (Å²) in [6.45, 7) is 3.11. The van der Waals surface area contributed by atoms with Crippen LogP contribution in [0, 0.1) is 11.7 Å². The minimum Gasteiger partial charge on any atom is -0.391 e. The van der Waals surface area contributed by atoms with Gasteiger partial charge in [-0.1, -0.05) is 11.6 Å². The van der Waals surface area contributed by atoms with Crippen molar-refractivity contribution in [2.24, 2.45) is 5.92 Å². The number of H-pyrrole nitrogens is 1. The average molecular weight is 446 g/mol. The molecule has 7 nitrogen and oxygen atoms in total. The smallest absolute Gasteiger partial charge is 0.158 e. The highest BCUT2D eigenvalue weighted by Gasteiger charge is 2.29. The number of Topliss-reactive ketones (excluding diaryl/α,β-unsaturated/α-hetero) is 1. The summed E-state index contributed by atoms with van der Waals surface area (Å²) in [5, 5.41) is 14.3. The van der Waals surface area contributed by atoms with Gasteiger partial charge in [0.1, 0.15) is 29.7 Å². The van der Waals surface area contributed by atoms with Gasteiger partial charge < -0.3 is 20.3 Å². The van der Waals surface area contributed by atoms with Gasteiger partial charge in [-0.2, -0.15) is 0 Å². The van der Waals surface area contributed by atoms with E-state index in [0.717, 1.165) is 36.2 Å². The van der Waals surface area contributed by atoms with Crippen LogP contribution in [0.2, 0.25) is 5.02 Å². The maximum Gasteiger partial charge on any atom is 0.158 e. The molecule has 1 fully saturated rings. The highest BCUT2D eigenvalue weighted by Crippen LogP contribution is 2.29. The first kappa shape index (κ1) is 21.5. The zero-order valence-electron chi connectivity index (χ0n) is 17.2. The van der Waals surface area contributed by atoms with Gasteiger partial charge in [-0.15, -0.1) is 0 Å². The summed E-state index contributed by atoms with van der Waals surface area (Å²) < 4.78 is 13.7. The third-order valence-corrected chi connectivity index (χ3v) is 5.87. The maximum atomic E-state index is 13.7. The number of halogens is 2. The molecule has 0 aliphatic carbocycles. The van der Waals surface area contributed by atoms with E-state index in [4.69, 9.17) is 11.6 Å². The monoisotopic (exact) mass is 445 g/mol. The zero-order chi connectivity index (χ0) is 22.0. The number of ketones is 1. The first-order valence-electron chi connectivity index (χ1n) is 10.4. The molecule has 3 N–H and O–H groups in total. The number of hydrogen-bond acceptors (Lipinski definition) is 6. The molecule has 0 radical (unpaired) electrons. The highest BCUT2D eigenvalue weighted by molar-refractivity contribution is 6.30. The second-order valence-electron chi connectivity index (χ2n) is 8.08. The van der Waals surface area contributed by atoms with Gasteiger partial charge in [-0.25, -0.2) is 14.4 Å². The third kappa shape index (κ3) is 4.97. The van der Waals surface area contributed by atoms with E-state index in [2.05, 4.69) is 25.2 Å². The molecule has 2 aromatic heterocycles. The maximum absolute atomic E-state index is 13.7. The lowest BCUT2D eigenvalue weighted by molar-refractivity contribution is -0.122. The number of carbonyl (C=O) groups excluding carboxylic acids is 1. The van der Waals surface area contributed by atoms with Crippen molar-refractivity contribution in [1.82, 2.24) is 15.0 Å². The van der Waals surface area contributed by atoms with E-state index in [1.807, 2.05) is 12.3 Å². The van der Waals surface area contributed by atoms with Crippen molar-refractivity contribution in [1.29, 1.82) is 0 Å². The number of benzene rings is 1. The molecule has 4 rings (SSSR count). The largest absolute Gasteiger partial charge is 0.391 e. The molecular weight excluding hydrogens is 421 g/mol. The van der Waals surface area contributed by atoms with Gasteiger partial charge in [-0.05, 0) is 49.9 Å². The SMILES string of the molecule is C[C@H](O)[C@@H](Nc1cc(F)cc(Cl)c1)C(=O)C[C@@H]1CCCN(c2ncnc3[nH]ccc23)C1. The van der Waals surface area contributed by atoms with E-state index in [9.17, 15) is 14.3 Å². The van der Waals surface area contributed by atoms with E-state index >= 15 is 0 Å². The first-order chi connectivity index (χ1) is 14.9. The molecule has 0 amide bonds. The standard InChI is InChI=1S/C22H25ClFN5O2/c1-13(30)20(28-17-9-15(23)8-16(24)10-17)19(31)7-14-3-2-6-29(11-14)22-18-4-5-25-21(18)26-12-27-22/h4-5,8-10,12-14,20,28,30H,2-3,6-7,11H2,1H3,(H,25,26,27)/t13-,14-,20+/m0/s1. The number of nitrogens with one attached hydrogen (secondary N) is 2. The van der Waals surface area contributed by atoms with E-state index in [1.165, 1.54) is 18.2 Å². The Morgan fingerprint density at radius 1 is 1.42 bits per heavy atom. The van der Waals surface area contributed by atoms with E-state index in [1.54, 1.807) is 13.3 Å². The van der Waals surface area contributed by atoms with Gasteiger partial charge in [0.25, 0.3) is 0 Å². The van der Waals surface area contributed by atoms with Crippen molar-refractivity contribution in [3.8, 4) is 0 Å². The number of aromatic amines is 1. The number of aliphatic hydroxyl groups excluding tert-OH is 1. The number of piperidine rings is 1. The fraction of sp³-hybridized carbons (Fsp3) is 0.409. The predicted molar refractivity (Wildman–Crippen MR) is 119 cm³/mol. The van der Waals surface area contributed by atoms with Gasteiger partial charge >= 0.3 is 0 Å². The Balaban J connectivity index is 1.45. The highest BCUT2D eigenvalue weighted by atomic mass is 35.5. The molecule has 3 aromatic rings. The molecule has 0 unspecified atom stereocenters. The molecule has 1 aliphatic heterocycles. The fourth-order valence-electron chi connectivity index (χ4n) is 4.23. The van der Waals surface area contributed by atoms with Crippen LogP contribution < -0.4 is 10.2 Å². The third-order valence-electron chi connectivity index (χ3n) is 5.66. The number of anilines is 2. The van der Waals surface area contributed by atoms with Gasteiger partial charge in [0.05, 0.1) is 11.5 Å². The number of nitrogens with zero attached hydrogens (tertiary/aromatic N) is 3. The van der Waals surface area contributed by atoms with Gasteiger partial charge in [0.2, 0.25) is 0 Å². The number of fused-ring (bicyclic) bond motifs is 1. The van der Waals surface area contributed by atoms with Crippen LogP contribution in [0.4, 0.5) is 15.9 Å². The molecule has 0 saturated carbocycles. The second kappa shape index (κ2) is 9.20. The normalized spacial score (nSPS) is 18.7. The molecule has 0 bridgehead atoms. The van der Waals surface area contributed by atoms with E-state index < -0.39 is 18.0 Å². The Kier molecular flexibility index (Phi) is 6.38. The number of aliphatic hydroxyl groups is 1. The molecule has 9 heteroatoms. The van der Waals surface area contributed by atoms with Crippen molar-refractivity contribution in [3.05, 3.63) is 47.6 Å². The predicted octanol–water partition coefficient (Wildman–Crippen LogP) is 3.79. The van der Waals surface area contributed by atoms with Crippen LogP contribution in [0.5, 0.6) is 0 Å². The minimum absolute atomic E-state index is 0.114. The fourth-order valence-corrected chi connectivity index (χ4v) is 4.45. The summed E-state index contributed by atoms with van der Waals surface area (Å²) >= 11 is 5.91. The van der Waals surface area contributed by atoms with Gasteiger partial charge in [-0.3, -0.25) is 4.79 Å². The Morgan fingerprint density at radius 2 is 2.26 bits per heavy atom. The van der Waals surface area contributed by atoms with Crippen LogP contribution in [0.3, 0.4) is 0 Å². The first-order valence-corrected chi connectivity index (χ1v) is 10.7. The van der Waals surface area contributed by atoms with E-state index in [-0.39, 0.29) is 16.7 Å². The lowest BCUT2D eigenvalue weighted by Crippen LogP contribution is -2.42. The Bertz CT molecular complexity index is 1050. The Hall–Kier alpha value is -2.71. The van der Waals surface area contributed by atoms with Crippen molar-refractivity contribution >= 4 is 39.9 Å². The number of rotatable bonds is 7. The lowest BCUT2D eigenvalue weighted by atomic mass is 9.89. The number of hydrogen-bond donors (Lipinski definition) is 3. The molecule has 164 valence electrons. The molecule has 1 saturated heterocycles. The van der Waals surface area contributed by atoms with Crippen molar-refractivity contribution in [3.63, 3.8) is 0 Å². The van der Waals surface area contributed by atoms with Crippen molar-refractivity contribution < 1.29 is 14.3 Å². The quantitative estimate of drug-likeness (QED) is 0.512. The number of aromatic nitrogens is 3. The van der Waals surface area contributed by atoms with Crippen molar-refractivity contribution in [2.75, 3.05) is 23.3 Å². The number of carbonyl (C=O) groups is 1. The topological polar surface area (TPSA) is 94.1 Å². The summed E-state index contributed by atoms with van der Waals surface area (Å²) in [4.78, 5) is 27.0. The Morgan fingerprint density at radius 3 is 3.03 bits per heavy atom. The second-order valence-corrected chi connectivity index (χ2v) is 8.52. The lowest BCUT2D eigenvalue weighted by Gasteiger charge is -2.34. The minimum atomic E-state index is -0.935. The summed E-state index contributed by atoms with van der Waals surface area (Å²) in [7, 11) is 0. The summed E-state index contributed by atoms with van der Waals surface area (Å²) in [5.74, 6) is 0.375. The molecule has 1 aromatic carbocycles. The summed E-state index contributed by atoms with van der Waals surface area (Å²) in [5.41, 5.74) is 1.15. The summed E-state index contributed by atoms with van der Waals surface area (Å²) in [6, 6.07) is 5.10. The van der Waals surface area contributed by atoms with Crippen LogP contribution in [-0.2, 0) is 4.79 Å². The van der Waals surface area contributed by atoms with Crippen LogP contribution in [0.25, 0.3) is 11.0 Å². The van der Waals surface area contributed by atoms with Crippen molar-refractivity contribution in [2.45, 2.75) is 38.3 Å². The molecule has 31 heavy (non-hydrogen) atoms. The average Bonchev–Trinajstić information content (AvgIpc) is 3.20.